The van der Waals surface area contributed by atoms with E-state index >= 15 is 0 Å². The molecule has 0 radical (unpaired) electrons. The van der Waals surface area contributed by atoms with Gasteiger partial charge in [-0.25, -0.2) is 0 Å². The van der Waals surface area contributed by atoms with E-state index in [2.05, 4.69) is 4.74 Å². The maximum atomic E-state index is 10.9. The molecule has 0 aliphatic rings. The van der Waals surface area contributed by atoms with E-state index in [0.717, 1.165) is 11.3 Å². The minimum absolute atomic E-state index is 0.111. The van der Waals surface area contributed by atoms with Crippen molar-refractivity contribution in [3.8, 4) is 5.75 Å². The molecule has 0 aliphatic carbocycles. The van der Waals surface area contributed by atoms with Crippen molar-refractivity contribution in [1.82, 2.24) is 0 Å². The summed E-state index contributed by atoms with van der Waals surface area (Å²) in [6.07, 6.45) is 0. The molecule has 1 aromatic carbocycles. The van der Waals surface area contributed by atoms with E-state index in [-0.39, 0.29) is 12.0 Å². The molecule has 2 N–H and O–H groups in total. The zero-order valence-electron chi connectivity index (χ0n) is 10.0. The Balaban J connectivity index is 2.46. The largest absolute Gasteiger partial charge is 0.497 e. The molecular weight excluding hydrogens is 238 g/mol. The van der Waals surface area contributed by atoms with E-state index in [4.69, 9.17) is 10.5 Å². The van der Waals surface area contributed by atoms with Gasteiger partial charge >= 0.3 is 5.97 Å². The monoisotopic (exact) mass is 255 g/mol. The van der Waals surface area contributed by atoms with Gasteiger partial charge in [0.15, 0.2) is 0 Å². The number of hydrogen-bond donors (Lipinski definition) is 1. The number of esters is 1. The number of methoxy groups -OCH3 is 2. The van der Waals surface area contributed by atoms with Gasteiger partial charge in [-0.05, 0) is 17.7 Å². The fraction of sp³-hybridized carbons (Fsp3) is 0.417. The Morgan fingerprint density at radius 2 is 2.24 bits per heavy atom. The molecule has 1 unspecified atom stereocenters. The summed E-state index contributed by atoms with van der Waals surface area (Å²) in [6, 6.07) is 7.52. The van der Waals surface area contributed by atoms with Crippen LogP contribution in [0.25, 0.3) is 0 Å². The molecule has 0 spiro atoms. The molecule has 0 amide bonds. The van der Waals surface area contributed by atoms with Crippen molar-refractivity contribution in [2.45, 2.75) is 6.04 Å². The summed E-state index contributed by atoms with van der Waals surface area (Å²) in [6.45, 7) is 0. The maximum absolute atomic E-state index is 10.9. The molecule has 5 heteroatoms. The lowest BCUT2D eigenvalue weighted by atomic mass is 10.1. The molecule has 0 saturated carbocycles. The highest BCUT2D eigenvalue weighted by Gasteiger charge is 2.08. The Morgan fingerprint density at radius 3 is 2.88 bits per heavy atom. The van der Waals surface area contributed by atoms with Gasteiger partial charge in [-0.1, -0.05) is 12.1 Å². The third-order valence-electron chi connectivity index (χ3n) is 2.27. The van der Waals surface area contributed by atoms with E-state index in [1.807, 2.05) is 24.3 Å². The van der Waals surface area contributed by atoms with Gasteiger partial charge in [-0.3, -0.25) is 4.79 Å². The average Bonchev–Trinajstić information content (AvgIpc) is 2.38. The third-order valence-corrected chi connectivity index (χ3v) is 3.30. The van der Waals surface area contributed by atoms with E-state index < -0.39 is 0 Å². The molecule has 1 aromatic rings. The standard InChI is InChI=1S/C12H17NO3S/c1-15-10-5-3-4-9(6-10)11(13)7-17-8-12(14)16-2/h3-6,11H,7-8,13H2,1-2H3. The van der Waals surface area contributed by atoms with Crippen molar-refractivity contribution < 1.29 is 14.3 Å². The lowest BCUT2D eigenvalue weighted by Gasteiger charge is -2.12. The summed E-state index contributed by atoms with van der Waals surface area (Å²) in [7, 11) is 3.00. The number of carbonyl (C=O) groups is 1. The number of benzene rings is 1. The molecule has 0 saturated heterocycles. The highest BCUT2D eigenvalue weighted by molar-refractivity contribution is 7.99. The topological polar surface area (TPSA) is 61.5 Å². The zero-order chi connectivity index (χ0) is 12.7. The zero-order valence-corrected chi connectivity index (χ0v) is 10.8. The summed E-state index contributed by atoms with van der Waals surface area (Å²) in [5.41, 5.74) is 7.02. The number of rotatable bonds is 6. The highest BCUT2D eigenvalue weighted by atomic mass is 32.2. The van der Waals surface area contributed by atoms with Crippen LogP contribution in [-0.2, 0) is 9.53 Å². The second-order valence-corrected chi connectivity index (χ2v) is 4.50. The summed E-state index contributed by atoms with van der Waals surface area (Å²) < 4.78 is 9.68. The predicted octanol–water partition coefficient (Wildman–Crippen LogP) is 1.60. The molecule has 17 heavy (non-hydrogen) atoms. The number of ether oxygens (including phenoxy) is 2. The first-order valence-electron chi connectivity index (χ1n) is 5.21. The smallest absolute Gasteiger partial charge is 0.315 e. The van der Waals surface area contributed by atoms with Crippen LogP contribution in [0.5, 0.6) is 5.75 Å². The SMILES string of the molecule is COC(=O)CSCC(N)c1cccc(OC)c1. The van der Waals surface area contributed by atoms with Crippen molar-refractivity contribution in [3.05, 3.63) is 29.8 Å². The summed E-state index contributed by atoms with van der Waals surface area (Å²) >= 11 is 1.46. The van der Waals surface area contributed by atoms with Crippen molar-refractivity contribution in [3.63, 3.8) is 0 Å². The fourth-order valence-corrected chi connectivity index (χ4v) is 2.15. The van der Waals surface area contributed by atoms with Gasteiger partial charge in [0.2, 0.25) is 0 Å². The molecule has 0 fully saturated rings. The minimum atomic E-state index is -0.229. The Kier molecular flexibility index (Phi) is 5.86. The minimum Gasteiger partial charge on any atom is -0.497 e. The second kappa shape index (κ2) is 7.19. The number of nitrogens with two attached hydrogens (primary N) is 1. The van der Waals surface area contributed by atoms with Crippen LogP contribution in [0.1, 0.15) is 11.6 Å². The molecule has 0 heterocycles. The van der Waals surface area contributed by atoms with Crippen molar-refractivity contribution in [2.24, 2.45) is 5.73 Å². The van der Waals surface area contributed by atoms with Gasteiger partial charge in [-0.2, -0.15) is 0 Å². The molecule has 94 valence electrons. The van der Waals surface area contributed by atoms with Crippen molar-refractivity contribution in [2.75, 3.05) is 25.7 Å². The third kappa shape index (κ3) is 4.66. The van der Waals surface area contributed by atoms with Crippen LogP contribution in [0.15, 0.2) is 24.3 Å². The molecule has 1 rings (SSSR count). The first kappa shape index (κ1) is 13.9. The first-order chi connectivity index (χ1) is 8.17. The molecular formula is C12H17NO3S. The Morgan fingerprint density at radius 1 is 1.47 bits per heavy atom. The Bertz CT molecular complexity index is 371. The van der Waals surface area contributed by atoms with Crippen LogP contribution in [0, 0.1) is 0 Å². The summed E-state index contributed by atoms with van der Waals surface area (Å²) in [5.74, 6) is 1.56. The van der Waals surface area contributed by atoms with Crippen LogP contribution >= 0.6 is 11.8 Å². The normalized spacial score (nSPS) is 11.9. The maximum Gasteiger partial charge on any atom is 0.315 e. The van der Waals surface area contributed by atoms with Gasteiger partial charge in [-0.15, -0.1) is 11.8 Å². The lowest BCUT2D eigenvalue weighted by molar-refractivity contribution is -0.137. The molecule has 0 aliphatic heterocycles. The summed E-state index contributed by atoms with van der Waals surface area (Å²) in [5, 5.41) is 0. The van der Waals surface area contributed by atoms with E-state index in [1.165, 1.54) is 18.9 Å². The van der Waals surface area contributed by atoms with Crippen LogP contribution in [0.3, 0.4) is 0 Å². The van der Waals surface area contributed by atoms with Gasteiger partial charge < -0.3 is 15.2 Å². The molecule has 1 atom stereocenters. The van der Waals surface area contributed by atoms with Crippen LogP contribution in [-0.4, -0.2) is 31.7 Å². The van der Waals surface area contributed by atoms with Crippen molar-refractivity contribution >= 4 is 17.7 Å². The molecule has 4 nitrogen and oxygen atoms in total. The molecule has 0 bridgehead atoms. The van der Waals surface area contributed by atoms with Gasteiger partial charge in [0.1, 0.15) is 5.75 Å². The van der Waals surface area contributed by atoms with E-state index in [9.17, 15) is 4.79 Å². The van der Waals surface area contributed by atoms with Crippen LogP contribution in [0.4, 0.5) is 0 Å². The fourth-order valence-electron chi connectivity index (χ4n) is 1.30. The number of carbonyl (C=O) groups excluding carboxylic acids is 1. The van der Waals surface area contributed by atoms with Crippen LogP contribution in [0.2, 0.25) is 0 Å². The van der Waals surface area contributed by atoms with E-state index in [1.54, 1.807) is 7.11 Å². The highest BCUT2D eigenvalue weighted by Crippen LogP contribution is 2.20. The second-order valence-electron chi connectivity index (χ2n) is 3.47. The lowest BCUT2D eigenvalue weighted by Crippen LogP contribution is -2.14. The quantitative estimate of drug-likeness (QED) is 0.782. The van der Waals surface area contributed by atoms with Gasteiger partial charge in [0.25, 0.3) is 0 Å². The molecule has 0 aromatic heterocycles. The Labute approximate surface area is 105 Å². The van der Waals surface area contributed by atoms with Gasteiger partial charge in [0, 0.05) is 11.8 Å². The number of hydrogen-bond acceptors (Lipinski definition) is 5. The average molecular weight is 255 g/mol. The van der Waals surface area contributed by atoms with Gasteiger partial charge in [0.05, 0.1) is 20.0 Å². The predicted molar refractivity (Wildman–Crippen MR) is 69.3 cm³/mol. The van der Waals surface area contributed by atoms with Crippen LogP contribution < -0.4 is 10.5 Å². The summed E-state index contributed by atoms with van der Waals surface area (Å²) in [4.78, 5) is 10.9. The number of thioether (sulfide) groups is 1. The van der Waals surface area contributed by atoms with Crippen molar-refractivity contribution in [1.29, 1.82) is 0 Å². The first-order valence-corrected chi connectivity index (χ1v) is 6.37. The Hall–Kier alpha value is -1.20. The van der Waals surface area contributed by atoms with E-state index in [0.29, 0.717) is 11.5 Å².